The van der Waals surface area contributed by atoms with Gasteiger partial charge in [0.2, 0.25) is 0 Å². The van der Waals surface area contributed by atoms with Crippen LogP contribution >= 0.6 is 0 Å². The Morgan fingerprint density at radius 2 is 2.08 bits per heavy atom. The van der Waals surface area contributed by atoms with Gasteiger partial charge in [-0.2, -0.15) is 12.7 Å². The minimum Gasteiger partial charge on any atom is -0.480 e. The molecule has 0 spiro atoms. The van der Waals surface area contributed by atoms with Gasteiger partial charge in [0.25, 0.3) is 10.2 Å². The zero-order chi connectivity index (χ0) is 9.94. The van der Waals surface area contributed by atoms with Gasteiger partial charge in [-0.05, 0) is 0 Å². The largest absolute Gasteiger partial charge is 0.480 e. The van der Waals surface area contributed by atoms with Crippen molar-refractivity contribution in [2.75, 3.05) is 13.6 Å². The first kappa shape index (κ1) is 11.3. The molecule has 5 N–H and O–H groups in total. The van der Waals surface area contributed by atoms with Crippen LogP contribution in [0.25, 0.3) is 0 Å². The molecule has 0 heterocycles. The summed E-state index contributed by atoms with van der Waals surface area (Å²) in [5.74, 6) is -1.27. The lowest BCUT2D eigenvalue weighted by atomic mass is 10.3. The maximum atomic E-state index is 10.5. The smallest absolute Gasteiger partial charge is 0.321 e. The van der Waals surface area contributed by atoms with Crippen molar-refractivity contribution in [1.82, 2.24) is 4.31 Å². The molecule has 12 heavy (non-hydrogen) atoms. The topological polar surface area (TPSA) is 127 Å². The second-order valence-corrected chi connectivity index (χ2v) is 3.92. The highest BCUT2D eigenvalue weighted by Crippen LogP contribution is 1.91. The number of likely N-dealkylation sites (N-methyl/N-ethyl adjacent to an activating group) is 1. The standard InChI is InChI=1S/C4H11N3O4S/c1-7(12(6,10)11)2-3(5)4(8)9/h3H,2,5H2,1H3,(H,8,9)(H2,6,10,11). The Labute approximate surface area is 70.1 Å². The van der Waals surface area contributed by atoms with Crippen LogP contribution in [0, 0.1) is 0 Å². The lowest BCUT2D eigenvalue weighted by Gasteiger charge is -2.15. The first-order valence-corrected chi connectivity index (χ1v) is 4.48. The van der Waals surface area contributed by atoms with Crippen LogP contribution in [0.2, 0.25) is 0 Å². The highest BCUT2D eigenvalue weighted by molar-refractivity contribution is 7.86. The van der Waals surface area contributed by atoms with Crippen LogP contribution < -0.4 is 10.9 Å². The van der Waals surface area contributed by atoms with Crippen LogP contribution in [-0.2, 0) is 15.0 Å². The Bertz CT molecular complexity index is 261. The van der Waals surface area contributed by atoms with Crippen LogP contribution in [0.3, 0.4) is 0 Å². The third-order valence-corrected chi connectivity index (χ3v) is 2.22. The zero-order valence-electron chi connectivity index (χ0n) is 6.47. The number of carboxylic acid groups (broad SMARTS) is 1. The van der Waals surface area contributed by atoms with Gasteiger partial charge in [-0.25, -0.2) is 5.14 Å². The predicted molar refractivity (Wildman–Crippen MR) is 41.3 cm³/mol. The van der Waals surface area contributed by atoms with Crippen molar-refractivity contribution in [2.24, 2.45) is 10.9 Å². The van der Waals surface area contributed by atoms with Crippen molar-refractivity contribution in [3.05, 3.63) is 0 Å². The first-order valence-electron chi connectivity index (χ1n) is 2.97. The monoisotopic (exact) mass is 197 g/mol. The SMILES string of the molecule is CN(CC(N)C(=O)O)S(N)(=O)=O. The van der Waals surface area contributed by atoms with Gasteiger partial charge in [0.1, 0.15) is 6.04 Å². The zero-order valence-corrected chi connectivity index (χ0v) is 7.28. The third-order valence-electron chi connectivity index (χ3n) is 1.21. The van der Waals surface area contributed by atoms with Crippen LogP contribution in [0.15, 0.2) is 0 Å². The Morgan fingerprint density at radius 1 is 1.67 bits per heavy atom. The van der Waals surface area contributed by atoms with Gasteiger partial charge in [0, 0.05) is 13.6 Å². The van der Waals surface area contributed by atoms with Crippen LogP contribution in [0.1, 0.15) is 0 Å². The lowest BCUT2D eigenvalue weighted by molar-refractivity contribution is -0.138. The number of carbonyl (C=O) groups is 1. The van der Waals surface area contributed by atoms with E-state index in [9.17, 15) is 13.2 Å². The van der Waals surface area contributed by atoms with E-state index in [1.54, 1.807) is 0 Å². The van der Waals surface area contributed by atoms with Gasteiger partial charge in [-0.1, -0.05) is 0 Å². The highest BCUT2D eigenvalue weighted by Gasteiger charge is 2.19. The third kappa shape index (κ3) is 3.62. The summed E-state index contributed by atoms with van der Waals surface area (Å²) in [6.07, 6.45) is 0. The lowest BCUT2D eigenvalue weighted by Crippen LogP contribution is -2.45. The van der Waals surface area contributed by atoms with Crippen molar-refractivity contribution >= 4 is 16.2 Å². The van der Waals surface area contributed by atoms with E-state index in [2.05, 4.69) is 5.14 Å². The average Bonchev–Trinajstić information content (AvgIpc) is 1.85. The minimum absolute atomic E-state index is 0.339. The summed E-state index contributed by atoms with van der Waals surface area (Å²) in [5.41, 5.74) is 5.05. The number of carboxylic acids is 1. The number of nitrogens with two attached hydrogens (primary N) is 2. The molecule has 0 fully saturated rings. The van der Waals surface area contributed by atoms with Crippen molar-refractivity contribution in [3.8, 4) is 0 Å². The molecule has 0 aliphatic carbocycles. The number of rotatable bonds is 4. The second-order valence-electron chi connectivity index (χ2n) is 2.27. The molecule has 0 aliphatic heterocycles. The summed E-state index contributed by atoms with van der Waals surface area (Å²) in [4.78, 5) is 10.2. The highest BCUT2D eigenvalue weighted by atomic mass is 32.2. The van der Waals surface area contributed by atoms with Gasteiger partial charge in [0.05, 0.1) is 0 Å². The van der Waals surface area contributed by atoms with E-state index in [1.165, 1.54) is 0 Å². The van der Waals surface area contributed by atoms with Gasteiger partial charge in [-0.15, -0.1) is 0 Å². The fraction of sp³-hybridized carbons (Fsp3) is 0.750. The minimum atomic E-state index is -3.84. The van der Waals surface area contributed by atoms with E-state index in [0.29, 0.717) is 4.31 Å². The molecule has 0 saturated heterocycles. The molecule has 1 atom stereocenters. The number of hydrogen-bond donors (Lipinski definition) is 3. The molecule has 0 saturated carbocycles. The fourth-order valence-electron chi connectivity index (χ4n) is 0.459. The van der Waals surface area contributed by atoms with E-state index in [0.717, 1.165) is 7.05 Å². The van der Waals surface area contributed by atoms with E-state index >= 15 is 0 Å². The van der Waals surface area contributed by atoms with Gasteiger partial charge in [-0.3, -0.25) is 4.79 Å². The first-order chi connectivity index (χ1) is 5.25. The molecule has 8 heteroatoms. The summed E-state index contributed by atoms with van der Waals surface area (Å²) in [7, 11) is -2.69. The Hall–Kier alpha value is -0.700. The average molecular weight is 197 g/mol. The summed E-state index contributed by atoms with van der Waals surface area (Å²) in [5, 5.41) is 13.0. The van der Waals surface area contributed by atoms with Crippen molar-refractivity contribution < 1.29 is 18.3 Å². The number of hydrogen-bond acceptors (Lipinski definition) is 4. The maximum Gasteiger partial charge on any atom is 0.321 e. The van der Waals surface area contributed by atoms with Gasteiger partial charge < -0.3 is 10.8 Å². The van der Waals surface area contributed by atoms with Crippen LogP contribution in [-0.4, -0.2) is 43.4 Å². The van der Waals surface area contributed by atoms with Crippen molar-refractivity contribution in [3.63, 3.8) is 0 Å². The molecular weight excluding hydrogens is 186 g/mol. The fourth-order valence-corrected chi connectivity index (χ4v) is 0.827. The van der Waals surface area contributed by atoms with Crippen LogP contribution in [0.5, 0.6) is 0 Å². The number of nitrogens with zero attached hydrogens (tertiary/aromatic N) is 1. The molecule has 0 radical (unpaired) electrons. The molecule has 0 rings (SSSR count). The molecule has 0 aromatic heterocycles. The maximum absolute atomic E-state index is 10.5. The molecule has 0 aromatic rings. The van der Waals surface area contributed by atoms with Crippen molar-refractivity contribution in [2.45, 2.75) is 6.04 Å². The summed E-state index contributed by atoms with van der Waals surface area (Å²) >= 11 is 0. The Kier molecular flexibility index (Phi) is 3.58. The molecule has 0 aromatic carbocycles. The summed E-state index contributed by atoms with van der Waals surface area (Å²) < 4.78 is 21.8. The van der Waals surface area contributed by atoms with E-state index in [-0.39, 0.29) is 6.54 Å². The van der Waals surface area contributed by atoms with E-state index in [4.69, 9.17) is 10.8 Å². The Morgan fingerprint density at radius 3 is 2.33 bits per heavy atom. The molecule has 7 nitrogen and oxygen atoms in total. The van der Waals surface area contributed by atoms with Crippen molar-refractivity contribution in [1.29, 1.82) is 0 Å². The molecule has 72 valence electrons. The summed E-state index contributed by atoms with van der Waals surface area (Å²) in [6, 6.07) is -1.26. The van der Waals surface area contributed by atoms with E-state index in [1.807, 2.05) is 0 Å². The summed E-state index contributed by atoms with van der Waals surface area (Å²) in [6.45, 7) is -0.339. The second kappa shape index (κ2) is 3.81. The number of aliphatic carboxylic acids is 1. The quantitative estimate of drug-likeness (QED) is 0.460. The molecular formula is C4H11N3O4S. The molecule has 0 amide bonds. The van der Waals surface area contributed by atoms with Gasteiger partial charge >= 0.3 is 5.97 Å². The van der Waals surface area contributed by atoms with E-state index < -0.39 is 22.2 Å². The molecule has 1 unspecified atom stereocenters. The Balaban J connectivity index is 4.20. The normalized spacial score (nSPS) is 14.7. The van der Waals surface area contributed by atoms with Crippen LogP contribution in [0.4, 0.5) is 0 Å². The van der Waals surface area contributed by atoms with Gasteiger partial charge in [0.15, 0.2) is 0 Å². The molecule has 0 bridgehead atoms. The predicted octanol–water partition coefficient (Wildman–Crippen LogP) is -2.47. The molecule has 0 aliphatic rings.